The Bertz CT molecular complexity index is 737. The van der Waals surface area contributed by atoms with Crippen LogP contribution in [-0.4, -0.2) is 35.8 Å². The number of rotatable bonds is 5. The summed E-state index contributed by atoms with van der Waals surface area (Å²) < 4.78 is 10.0. The van der Waals surface area contributed by atoms with Crippen molar-refractivity contribution in [2.45, 2.75) is 38.8 Å². The zero-order valence-corrected chi connectivity index (χ0v) is 15.5. The maximum atomic E-state index is 12.0. The van der Waals surface area contributed by atoms with Gasteiger partial charge in [0.15, 0.2) is 0 Å². The van der Waals surface area contributed by atoms with E-state index in [4.69, 9.17) is 9.47 Å². The Morgan fingerprint density at radius 1 is 1.12 bits per heavy atom. The molecule has 2 rings (SSSR count). The average Bonchev–Trinajstić information content (AvgIpc) is 2.60. The van der Waals surface area contributed by atoms with Gasteiger partial charge in [-0.1, -0.05) is 30.3 Å². The topological polar surface area (TPSA) is 77.5 Å². The highest BCUT2D eigenvalue weighted by molar-refractivity contribution is 5.81. The van der Waals surface area contributed by atoms with Crippen molar-refractivity contribution < 1.29 is 19.1 Å². The van der Waals surface area contributed by atoms with Crippen molar-refractivity contribution in [1.29, 1.82) is 0 Å². The Hall–Kier alpha value is -2.89. The molecular formula is C20H24N2O4. The van der Waals surface area contributed by atoms with Crippen molar-refractivity contribution in [1.82, 2.24) is 10.3 Å². The molecule has 0 spiro atoms. The molecule has 6 heteroatoms. The van der Waals surface area contributed by atoms with Gasteiger partial charge in [0.2, 0.25) is 0 Å². The molecule has 0 aliphatic heterocycles. The summed E-state index contributed by atoms with van der Waals surface area (Å²) in [7, 11) is 1.29. The van der Waals surface area contributed by atoms with Gasteiger partial charge in [0.25, 0.3) is 0 Å². The summed E-state index contributed by atoms with van der Waals surface area (Å²) in [6.07, 6.45) is 1.38. The van der Waals surface area contributed by atoms with Crippen LogP contribution in [0.5, 0.6) is 0 Å². The lowest BCUT2D eigenvalue weighted by atomic mass is 10.0. The first-order valence-corrected chi connectivity index (χ1v) is 8.36. The zero-order valence-electron chi connectivity index (χ0n) is 15.5. The number of pyridine rings is 1. The largest absolute Gasteiger partial charge is 0.467 e. The molecule has 1 atom stereocenters. The SMILES string of the molecule is COC(=O)[C@H](Cc1ccc(-c2ccccn2)cc1)NC(=O)OC(C)(C)C. The maximum absolute atomic E-state index is 12.0. The van der Waals surface area contributed by atoms with Gasteiger partial charge in [-0.2, -0.15) is 0 Å². The van der Waals surface area contributed by atoms with Crippen LogP contribution < -0.4 is 5.32 Å². The highest BCUT2D eigenvalue weighted by atomic mass is 16.6. The lowest BCUT2D eigenvalue weighted by Gasteiger charge is -2.22. The second-order valence-electron chi connectivity index (χ2n) is 6.84. The minimum absolute atomic E-state index is 0.300. The molecule has 0 aliphatic carbocycles. The quantitative estimate of drug-likeness (QED) is 0.831. The third-order valence-electron chi connectivity index (χ3n) is 3.53. The van der Waals surface area contributed by atoms with Crippen LogP contribution in [0.25, 0.3) is 11.3 Å². The van der Waals surface area contributed by atoms with Crippen LogP contribution in [0.3, 0.4) is 0 Å². The van der Waals surface area contributed by atoms with Crippen molar-refractivity contribution in [3.8, 4) is 11.3 Å². The lowest BCUT2D eigenvalue weighted by molar-refractivity contribution is -0.143. The number of nitrogens with one attached hydrogen (secondary N) is 1. The van der Waals surface area contributed by atoms with E-state index in [1.54, 1.807) is 27.0 Å². The van der Waals surface area contributed by atoms with Crippen LogP contribution in [0.2, 0.25) is 0 Å². The van der Waals surface area contributed by atoms with Gasteiger partial charge in [-0.25, -0.2) is 9.59 Å². The van der Waals surface area contributed by atoms with E-state index >= 15 is 0 Å². The van der Waals surface area contributed by atoms with Crippen molar-refractivity contribution >= 4 is 12.1 Å². The van der Waals surface area contributed by atoms with Gasteiger partial charge in [0.05, 0.1) is 12.8 Å². The Morgan fingerprint density at radius 3 is 2.35 bits per heavy atom. The smallest absolute Gasteiger partial charge is 0.408 e. The molecule has 0 aliphatic rings. The van der Waals surface area contributed by atoms with Crippen LogP contribution in [-0.2, 0) is 20.7 Å². The van der Waals surface area contributed by atoms with E-state index in [1.165, 1.54) is 7.11 Å². The van der Waals surface area contributed by atoms with Crippen LogP contribution in [0.1, 0.15) is 26.3 Å². The second kappa shape index (κ2) is 8.47. The van der Waals surface area contributed by atoms with Gasteiger partial charge in [-0.05, 0) is 38.5 Å². The van der Waals surface area contributed by atoms with Crippen molar-refractivity contribution in [3.05, 3.63) is 54.2 Å². The van der Waals surface area contributed by atoms with E-state index in [0.717, 1.165) is 16.8 Å². The molecule has 2 aromatic rings. The molecule has 0 radical (unpaired) electrons. The molecule has 1 N–H and O–H groups in total. The fourth-order valence-electron chi connectivity index (χ4n) is 2.37. The number of alkyl carbamates (subject to hydrolysis) is 1. The molecule has 0 saturated carbocycles. The summed E-state index contributed by atoms with van der Waals surface area (Å²) in [5.41, 5.74) is 2.09. The van der Waals surface area contributed by atoms with Crippen LogP contribution in [0, 0.1) is 0 Å². The van der Waals surface area contributed by atoms with Gasteiger partial charge in [0.1, 0.15) is 11.6 Å². The summed E-state index contributed by atoms with van der Waals surface area (Å²) in [5.74, 6) is -0.523. The van der Waals surface area contributed by atoms with E-state index in [-0.39, 0.29) is 0 Å². The number of amides is 1. The number of ether oxygens (including phenoxy) is 2. The summed E-state index contributed by atoms with van der Waals surface area (Å²) in [6.45, 7) is 5.28. The highest BCUT2D eigenvalue weighted by Crippen LogP contribution is 2.18. The predicted molar refractivity (Wildman–Crippen MR) is 98.6 cm³/mol. The van der Waals surface area contributed by atoms with Crippen LogP contribution >= 0.6 is 0 Å². The third kappa shape index (κ3) is 5.88. The number of carbonyl (C=O) groups excluding carboxylic acids is 2. The van der Waals surface area contributed by atoms with E-state index in [0.29, 0.717) is 6.42 Å². The van der Waals surface area contributed by atoms with Gasteiger partial charge >= 0.3 is 12.1 Å². The summed E-state index contributed by atoms with van der Waals surface area (Å²) in [6, 6.07) is 12.5. The Morgan fingerprint density at radius 2 is 1.81 bits per heavy atom. The van der Waals surface area contributed by atoms with Crippen LogP contribution in [0.4, 0.5) is 4.79 Å². The second-order valence-corrected chi connectivity index (χ2v) is 6.84. The molecule has 0 bridgehead atoms. The minimum Gasteiger partial charge on any atom is -0.467 e. The Labute approximate surface area is 153 Å². The molecule has 1 aromatic heterocycles. The number of nitrogens with zero attached hydrogens (tertiary/aromatic N) is 1. The lowest BCUT2D eigenvalue weighted by Crippen LogP contribution is -2.45. The molecule has 138 valence electrons. The van der Waals surface area contributed by atoms with E-state index in [2.05, 4.69) is 10.3 Å². The molecule has 0 unspecified atom stereocenters. The van der Waals surface area contributed by atoms with Crippen molar-refractivity contribution in [2.75, 3.05) is 7.11 Å². The molecule has 1 heterocycles. The molecule has 0 fully saturated rings. The van der Waals surface area contributed by atoms with Gasteiger partial charge in [-0.3, -0.25) is 4.98 Å². The first-order valence-electron chi connectivity index (χ1n) is 8.36. The number of hydrogen-bond donors (Lipinski definition) is 1. The Kier molecular flexibility index (Phi) is 6.33. The number of methoxy groups -OCH3 is 1. The summed E-state index contributed by atoms with van der Waals surface area (Å²) in [4.78, 5) is 28.3. The minimum atomic E-state index is -0.824. The highest BCUT2D eigenvalue weighted by Gasteiger charge is 2.25. The van der Waals surface area contributed by atoms with E-state index < -0.39 is 23.7 Å². The predicted octanol–water partition coefficient (Wildman–Crippen LogP) is 3.36. The zero-order chi connectivity index (χ0) is 19.2. The first kappa shape index (κ1) is 19.4. The molecule has 6 nitrogen and oxygen atoms in total. The van der Waals surface area contributed by atoms with Gasteiger partial charge in [-0.15, -0.1) is 0 Å². The number of benzene rings is 1. The standard InChI is InChI=1S/C20H24N2O4/c1-20(2,3)26-19(24)22-17(18(23)25-4)13-14-8-10-15(11-9-14)16-7-5-6-12-21-16/h5-12,17H,13H2,1-4H3,(H,22,24)/t17-/m0/s1. The molecule has 1 aromatic carbocycles. The van der Waals surface area contributed by atoms with Gasteiger partial charge < -0.3 is 14.8 Å². The fourth-order valence-corrected chi connectivity index (χ4v) is 2.37. The molecule has 0 saturated heterocycles. The Balaban J connectivity index is 2.08. The summed E-state index contributed by atoms with van der Waals surface area (Å²) in [5, 5.41) is 2.57. The van der Waals surface area contributed by atoms with Crippen molar-refractivity contribution in [2.24, 2.45) is 0 Å². The first-order chi connectivity index (χ1) is 12.3. The average molecular weight is 356 g/mol. The van der Waals surface area contributed by atoms with E-state index in [1.807, 2.05) is 42.5 Å². The third-order valence-corrected chi connectivity index (χ3v) is 3.53. The maximum Gasteiger partial charge on any atom is 0.408 e. The number of carbonyl (C=O) groups is 2. The summed E-state index contributed by atoms with van der Waals surface area (Å²) >= 11 is 0. The molecular weight excluding hydrogens is 332 g/mol. The van der Waals surface area contributed by atoms with Gasteiger partial charge in [0, 0.05) is 18.2 Å². The van der Waals surface area contributed by atoms with E-state index in [9.17, 15) is 9.59 Å². The fraction of sp³-hybridized carbons (Fsp3) is 0.350. The monoisotopic (exact) mass is 356 g/mol. The normalized spacial score (nSPS) is 12.2. The molecule has 1 amide bonds. The number of hydrogen-bond acceptors (Lipinski definition) is 5. The molecule has 26 heavy (non-hydrogen) atoms. The van der Waals surface area contributed by atoms with Crippen LogP contribution in [0.15, 0.2) is 48.7 Å². The van der Waals surface area contributed by atoms with Crippen molar-refractivity contribution in [3.63, 3.8) is 0 Å². The number of esters is 1. The number of aromatic nitrogens is 1.